The number of hydrogen-bond donors (Lipinski definition) is 1. The van der Waals surface area contributed by atoms with Gasteiger partial charge in [0.05, 0.1) is 32.2 Å². The number of fused-ring (bicyclic) bond motifs is 1. The minimum atomic E-state index is -0.231. The Hall–Kier alpha value is -2.42. The minimum absolute atomic E-state index is 0.231. The van der Waals surface area contributed by atoms with Gasteiger partial charge in [-0.15, -0.1) is 11.3 Å². The van der Waals surface area contributed by atoms with E-state index in [1.165, 1.54) is 22.7 Å². The Bertz CT molecular complexity index is 1120. The van der Waals surface area contributed by atoms with Crippen LogP contribution >= 0.6 is 34.3 Å². The van der Waals surface area contributed by atoms with Crippen molar-refractivity contribution in [2.75, 3.05) is 12.4 Å². The molecule has 9 heteroatoms. The Morgan fingerprint density at radius 3 is 2.81 bits per heavy atom. The smallest absolute Gasteiger partial charge is 0.266 e. The van der Waals surface area contributed by atoms with Gasteiger partial charge in [-0.2, -0.15) is 9.78 Å². The third kappa shape index (κ3) is 3.18. The topological polar surface area (TPSA) is 69.0 Å². The summed E-state index contributed by atoms with van der Waals surface area (Å²) in [6.07, 6.45) is 0. The number of anilines is 1. The van der Waals surface area contributed by atoms with E-state index in [-0.39, 0.29) is 5.91 Å². The second-order valence-corrected chi connectivity index (χ2v) is 8.19. The number of thiazole rings is 1. The lowest BCUT2D eigenvalue weighted by molar-refractivity contribution is 0.103. The average molecular weight is 405 g/mol. The normalized spacial score (nSPS) is 11.0. The molecular weight excluding hydrogens is 392 g/mol. The molecule has 0 saturated heterocycles. The zero-order valence-corrected chi connectivity index (χ0v) is 16.2. The number of hydrogen-bond acceptors (Lipinski definition) is 6. The molecule has 0 atom stereocenters. The number of methoxy groups -OCH3 is 1. The molecule has 0 saturated carbocycles. The molecule has 1 amide bonds. The highest BCUT2D eigenvalue weighted by atomic mass is 35.5. The van der Waals surface area contributed by atoms with E-state index >= 15 is 0 Å². The van der Waals surface area contributed by atoms with Crippen molar-refractivity contribution in [3.63, 3.8) is 0 Å². The van der Waals surface area contributed by atoms with Crippen LogP contribution in [-0.2, 0) is 0 Å². The van der Waals surface area contributed by atoms with Crippen molar-refractivity contribution in [3.05, 3.63) is 51.3 Å². The second-order valence-electron chi connectivity index (χ2n) is 5.47. The molecule has 0 radical (unpaired) electrons. The van der Waals surface area contributed by atoms with Crippen LogP contribution in [0.1, 0.15) is 15.4 Å². The maximum absolute atomic E-state index is 12.4. The van der Waals surface area contributed by atoms with Crippen LogP contribution in [0, 0.1) is 6.92 Å². The van der Waals surface area contributed by atoms with Crippen molar-refractivity contribution < 1.29 is 9.53 Å². The summed E-state index contributed by atoms with van der Waals surface area (Å²) in [5, 5.41) is 8.02. The molecule has 0 aliphatic carbocycles. The summed E-state index contributed by atoms with van der Waals surface area (Å²) in [6.45, 7) is 1.87. The van der Waals surface area contributed by atoms with Crippen LogP contribution in [0.5, 0.6) is 5.75 Å². The summed E-state index contributed by atoms with van der Waals surface area (Å²) in [4.78, 5) is 17.6. The fourth-order valence-electron chi connectivity index (χ4n) is 2.46. The Morgan fingerprint density at radius 2 is 2.08 bits per heavy atom. The number of aromatic nitrogens is 3. The Morgan fingerprint density at radius 1 is 1.23 bits per heavy atom. The number of aryl methyl sites for hydroxylation is 1. The van der Waals surface area contributed by atoms with Gasteiger partial charge in [0.15, 0.2) is 0 Å². The lowest BCUT2D eigenvalue weighted by atomic mass is 10.3. The molecule has 3 aromatic heterocycles. The van der Waals surface area contributed by atoms with Gasteiger partial charge in [-0.25, -0.2) is 4.98 Å². The minimum Gasteiger partial charge on any atom is -0.497 e. The van der Waals surface area contributed by atoms with Crippen molar-refractivity contribution >= 4 is 56.2 Å². The van der Waals surface area contributed by atoms with Crippen molar-refractivity contribution in [2.45, 2.75) is 6.92 Å². The van der Waals surface area contributed by atoms with Gasteiger partial charge in [0, 0.05) is 6.07 Å². The Balaban J connectivity index is 1.70. The average Bonchev–Trinajstić information content (AvgIpc) is 3.32. The summed E-state index contributed by atoms with van der Waals surface area (Å²) < 4.78 is 8.45. The van der Waals surface area contributed by atoms with Crippen LogP contribution in [-0.4, -0.2) is 27.8 Å². The number of thiophene rings is 1. The van der Waals surface area contributed by atoms with Gasteiger partial charge in [-0.3, -0.25) is 4.79 Å². The predicted octanol–water partition coefficient (Wildman–Crippen LogP) is 4.77. The number of rotatable bonds is 4. The van der Waals surface area contributed by atoms with Crippen LogP contribution < -0.4 is 10.1 Å². The van der Waals surface area contributed by atoms with Gasteiger partial charge < -0.3 is 10.1 Å². The molecule has 4 rings (SSSR count). The monoisotopic (exact) mass is 404 g/mol. The number of halogens is 1. The number of carbonyl (C=O) groups excluding carboxylic acids is 1. The molecule has 0 aliphatic heterocycles. The molecule has 0 aliphatic rings. The second kappa shape index (κ2) is 6.71. The summed E-state index contributed by atoms with van der Waals surface area (Å²) in [5.74, 6) is 1.10. The molecule has 0 unspecified atom stereocenters. The van der Waals surface area contributed by atoms with E-state index < -0.39 is 0 Å². The highest BCUT2D eigenvalue weighted by Gasteiger charge is 2.16. The summed E-state index contributed by atoms with van der Waals surface area (Å²) in [7, 11) is 1.63. The first kappa shape index (κ1) is 17.0. The Kier molecular flexibility index (Phi) is 4.39. The molecule has 3 heterocycles. The number of ether oxygens (including phenoxy) is 1. The van der Waals surface area contributed by atoms with Gasteiger partial charge in [-0.05, 0) is 37.3 Å². The SMILES string of the molecule is COc1ccc2nc(-n3nc(C)cc3NC(=O)c3ccc(Cl)s3)sc2c1. The van der Waals surface area contributed by atoms with Gasteiger partial charge in [0.1, 0.15) is 11.6 Å². The van der Waals surface area contributed by atoms with E-state index in [4.69, 9.17) is 16.3 Å². The maximum atomic E-state index is 12.4. The van der Waals surface area contributed by atoms with Crippen molar-refractivity contribution in [1.29, 1.82) is 0 Å². The van der Waals surface area contributed by atoms with Gasteiger partial charge >= 0.3 is 0 Å². The van der Waals surface area contributed by atoms with E-state index in [0.29, 0.717) is 20.2 Å². The summed E-state index contributed by atoms with van der Waals surface area (Å²) >= 11 is 8.61. The van der Waals surface area contributed by atoms with Crippen molar-refractivity contribution in [3.8, 4) is 10.9 Å². The standard InChI is InChI=1S/C17H13ClN4O2S2/c1-9-7-15(20-16(23)12-5-6-14(18)25-12)22(21-9)17-19-11-4-3-10(24-2)8-13(11)26-17/h3-8H,1-2H3,(H,20,23). The quantitative estimate of drug-likeness (QED) is 0.532. The third-order valence-corrected chi connectivity index (χ3v) is 5.86. The summed E-state index contributed by atoms with van der Waals surface area (Å²) in [6, 6.07) is 10.9. The lowest BCUT2D eigenvalue weighted by Crippen LogP contribution is -2.13. The third-order valence-electron chi connectivity index (χ3n) is 3.64. The molecule has 1 aromatic carbocycles. The van der Waals surface area contributed by atoms with Crippen LogP contribution in [0.4, 0.5) is 5.82 Å². The molecule has 0 spiro atoms. The number of benzene rings is 1. The highest BCUT2D eigenvalue weighted by Crippen LogP contribution is 2.30. The summed E-state index contributed by atoms with van der Waals surface area (Å²) in [5.41, 5.74) is 1.63. The molecular formula is C17H13ClN4O2S2. The number of nitrogens with one attached hydrogen (secondary N) is 1. The fourth-order valence-corrected chi connectivity index (χ4v) is 4.36. The van der Waals surface area contributed by atoms with Crippen LogP contribution in [0.2, 0.25) is 4.34 Å². The zero-order valence-electron chi connectivity index (χ0n) is 13.8. The molecule has 1 N–H and O–H groups in total. The maximum Gasteiger partial charge on any atom is 0.266 e. The molecule has 4 aromatic rings. The van der Waals surface area contributed by atoms with E-state index in [1.807, 2.05) is 25.1 Å². The number of carbonyl (C=O) groups is 1. The molecule has 132 valence electrons. The molecule has 26 heavy (non-hydrogen) atoms. The predicted molar refractivity (Wildman–Crippen MR) is 105 cm³/mol. The first-order valence-corrected chi connectivity index (χ1v) is 9.63. The van der Waals surface area contributed by atoms with E-state index in [1.54, 1.807) is 30.0 Å². The Labute approximate surface area is 162 Å². The van der Waals surface area contributed by atoms with Gasteiger partial charge in [-0.1, -0.05) is 22.9 Å². The fraction of sp³-hybridized carbons (Fsp3) is 0.118. The first-order valence-electron chi connectivity index (χ1n) is 7.62. The van der Waals surface area contributed by atoms with Gasteiger partial charge in [0.2, 0.25) is 5.13 Å². The molecule has 0 bridgehead atoms. The molecule has 0 fully saturated rings. The van der Waals surface area contributed by atoms with Crippen LogP contribution in [0.3, 0.4) is 0 Å². The number of nitrogens with zero attached hydrogens (tertiary/aromatic N) is 3. The van der Waals surface area contributed by atoms with Crippen molar-refractivity contribution in [2.24, 2.45) is 0 Å². The van der Waals surface area contributed by atoms with E-state index in [2.05, 4.69) is 15.4 Å². The lowest BCUT2D eigenvalue weighted by Gasteiger charge is -2.04. The van der Waals surface area contributed by atoms with Crippen molar-refractivity contribution in [1.82, 2.24) is 14.8 Å². The largest absolute Gasteiger partial charge is 0.497 e. The van der Waals surface area contributed by atoms with Gasteiger partial charge in [0.25, 0.3) is 5.91 Å². The number of amides is 1. The highest BCUT2D eigenvalue weighted by molar-refractivity contribution is 7.20. The van der Waals surface area contributed by atoms with Crippen LogP contribution in [0.15, 0.2) is 36.4 Å². The van der Waals surface area contributed by atoms with E-state index in [9.17, 15) is 4.79 Å². The van der Waals surface area contributed by atoms with E-state index in [0.717, 1.165) is 21.7 Å². The van der Waals surface area contributed by atoms with Crippen LogP contribution in [0.25, 0.3) is 15.3 Å². The zero-order chi connectivity index (χ0) is 18.3. The first-order chi connectivity index (χ1) is 12.5. The molecule has 6 nitrogen and oxygen atoms in total.